The Hall–Kier alpha value is -3.26. The lowest BCUT2D eigenvalue weighted by atomic mass is 9.72. The minimum absolute atomic E-state index is 0.00409. The fourth-order valence-corrected chi connectivity index (χ4v) is 8.82. The number of nitrogens with zero attached hydrogens (tertiary/aromatic N) is 1. The molecule has 0 aromatic carbocycles. The number of carbonyl (C=O) groups is 6. The summed E-state index contributed by atoms with van der Waals surface area (Å²) in [7, 11) is 1.55. The quantitative estimate of drug-likeness (QED) is 0.0937. The van der Waals surface area contributed by atoms with Crippen LogP contribution in [0.3, 0.4) is 0 Å². The summed E-state index contributed by atoms with van der Waals surface area (Å²) in [6.45, 7) is 9.83. The van der Waals surface area contributed by atoms with Crippen molar-refractivity contribution >= 4 is 35.5 Å². The fraction of sp³-hybridized carbons (Fsp3) is 0.838. The first-order chi connectivity index (χ1) is 24.0. The Bertz CT molecular complexity index is 1250. The highest BCUT2D eigenvalue weighted by Gasteiger charge is 2.57. The number of likely N-dealkylation sites (N-methyl/N-ethyl adjacent to an activating group) is 1. The number of carbonyl (C=O) groups excluding carboxylic acids is 6. The van der Waals surface area contributed by atoms with Gasteiger partial charge in [-0.2, -0.15) is 0 Å². The van der Waals surface area contributed by atoms with Gasteiger partial charge in [-0.25, -0.2) is 0 Å². The Labute approximate surface area is 303 Å². The summed E-state index contributed by atoms with van der Waals surface area (Å²) in [5.74, 6) is -3.12. The van der Waals surface area contributed by atoms with Crippen LogP contribution in [0, 0.1) is 46.8 Å². The number of hydrogen-bond donors (Lipinski definition) is 6. The molecule has 0 spiro atoms. The third-order valence-electron chi connectivity index (χ3n) is 11.9. The molecule has 4 fully saturated rings. The number of nitrogens with two attached hydrogens (primary N) is 2. The first-order valence-corrected chi connectivity index (χ1v) is 18.9. The van der Waals surface area contributed by atoms with E-state index in [0.717, 1.165) is 18.3 Å². The molecular formula is C37H64N6O8. The number of aliphatic hydroxyl groups excluding tert-OH is 1. The topological polar surface area (TPSA) is 223 Å². The lowest BCUT2D eigenvalue weighted by molar-refractivity contribution is -0.158. The lowest BCUT2D eigenvalue weighted by Crippen LogP contribution is -2.60. The molecule has 4 aliphatic rings. The van der Waals surface area contributed by atoms with Gasteiger partial charge in [-0.3, -0.25) is 28.8 Å². The normalized spacial score (nSPS) is 26.0. The molecule has 4 aliphatic carbocycles. The second kappa shape index (κ2) is 18.5. The molecule has 4 rings (SSSR count). The Morgan fingerprint density at radius 2 is 1.57 bits per heavy atom. The standard InChI is InChI=1S/C37H64N6O8/c1-8-21(4)31(35(49)41-27(17-38)32(39)46)42-34(48)28(11-20(2)3)43(7)36(50)23(6)29(51-30(45)18-40-33(47)22(5)19-44)9-10-37-15-24-12-25(16-37)14-26(37)13-24/h20-29,31,44H,8-19,38H2,1-7H3,(H2,39,46)(H,40,47)(H,41,49)(H,42,48)/t21-,22+,23-,24?,25?,26?,27+,28+,29-,31+,37?/m1/s1. The Morgan fingerprint density at radius 3 is 2.10 bits per heavy atom. The van der Waals surface area contributed by atoms with E-state index < -0.39 is 72.2 Å². The van der Waals surface area contributed by atoms with Gasteiger partial charge in [0.25, 0.3) is 0 Å². The monoisotopic (exact) mass is 720 g/mol. The molecule has 9 atom stereocenters. The van der Waals surface area contributed by atoms with Crippen molar-refractivity contribution in [3.63, 3.8) is 0 Å². The van der Waals surface area contributed by atoms with Crippen LogP contribution in [0.25, 0.3) is 0 Å². The minimum atomic E-state index is -1.10. The molecular weight excluding hydrogens is 656 g/mol. The number of aliphatic hydroxyl groups is 1. The Kier molecular flexibility index (Phi) is 15.3. The minimum Gasteiger partial charge on any atom is -0.460 e. The van der Waals surface area contributed by atoms with Gasteiger partial charge >= 0.3 is 5.97 Å². The highest BCUT2D eigenvalue weighted by molar-refractivity contribution is 5.94. The predicted molar refractivity (Wildman–Crippen MR) is 191 cm³/mol. The Morgan fingerprint density at radius 1 is 0.941 bits per heavy atom. The van der Waals surface area contributed by atoms with Crippen molar-refractivity contribution in [1.82, 2.24) is 20.9 Å². The SMILES string of the molecule is CC[C@@H](C)[C@H](NC(=O)[C@H](CC(C)C)N(C)C(=O)[C@H](C)[C@@H](CCC12CC3CC(CC1C3)C2)OC(=O)CNC(=O)[C@@H](C)CO)C(=O)N[C@@H](CN)C(N)=O. The zero-order chi connectivity index (χ0) is 38.2. The molecule has 4 bridgehead atoms. The van der Waals surface area contributed by atoms with Crippen LogP contribution in [0.1, 0.15) is 99.3 Å². The van der Waals surface area contributed by atoms with Gasteiger partial charge in [0.2, 0.25) is 29.5 Å². The largest absolute Gasteiger partial charge is 0.460 e. The van der Waals surface area contributed by atoms with E-state index in [1.165, 1.54) is 37.0 Å². The zero-order valence-electron chi connectivity index (χ0n) is 31.7. The summed E-state index contributed by atoms with van der Waals surface area (Å²) >= 11 is 0. The molecule has 4 saturated carbocycles. The predicted octanol–water partition coefficient (Wildman–Crippen LogP) is 1.22. The first kappa shape index (κ1) is 42.2. The van der Waals surface area contributed by atoms with Gasteiger partial charge in [-0.05, 0) is 86.4 Å². The highest BCUT2D eigenvalue weighted by Crippen LogP contribution is 2.67. The maximum Gasteiger partial charge on any atom is 0.325 e. The third-order valence-corrected chi connectivity index (χ3v) is 11.9. The van der Waals surface area contributed by atoms with E-state index in [-0.39, 0.29) is 36.3 Å². The number of esters is 1. The molecule has 0 heterocycles. The summed E-state index contributed by atoms with van der Waals surface area (Å²) in [5, 5.41) is 17.2. The maximum atomic E-state index is 14.3. The molecule has 8 N–H and O–H groups in total. The molecule has 0 aromatic heterocycles. The summed E-state index contributed by atoms with van der Waals surface area (Å²) < 4.78 is 5.96. The van der Waals surface area contributed by atoms with Crippen molar-refractivity contribution < 1.29 is 38.6 Å². The van der Waals surface area contributed by atoms with Crippen molar-refractivity contribution in [3.8, 4) is 0 Å². The summed E-state index contributed by atoms with van der Waals surface area (Å²) in [5.41, 5.74) is 11.2. The van der Waals surface area contributed by atoms with Crippen molar-refractivity contribution in [1.29, 1.82) is 0 Å². The Balaban J connectivity index is 1.80. The van der Waals surface area contributed by atoms with E-state index in [1.807, 2.05) is 20.8 Å². The van der Waals surface area contributed by atoms with Gasteiger partial charge < -0.3 is 42.2 Å². The molecule has 0 aromatic rings. The van der Waals surface area contributed by atoms with E-state index in [0.29, 0.717) is 25.2 Å². The second-order valence-electron chi connectivity index (χ2n) is 16.2. The molecule has 0 saturated heterocycles. The number of hydrogen-bond acceptors (Lipinski definition) is 9. The van der Waals surface area contributed by atoms with Crippen LogP contribution >= 0.6 is 0 Å². The van der Waals surface area contributed by atoms with Crippen LogP contribution in [0.15, 0.2) is 0 Å². The summed E-state index contributed by atoms with van der Waals surface area (Å²) in [6.07, 6.45) is 7.45. The number of nitrogens with one attached hydrogen (secondary N) is 3. The van der Waals surface area contributed by atoms with Crippen molar-refractivity contribution in [2.45, 2.75) is 124 Å². The number of rotatable bonds is 21. The van der Waals surface area contributed by atoms with Gasteiger partial charge in [0.05, 0.1) is 18.4 Å². The maximum absolute atomic E-state index is 14.3. The van der Waals surface area contributed by atoms with Crippen LogP contribution in [0.4, 0.5) is 0 Å². The molecule has 2 unspecified atom stereocenters. The van der Waals surface area contributed by atoms with Crippen LogP contribution in [0.5, 0.6) is 0 Å². The van der Waals surface area contributed by atoms with E-state index in [1.54, 1.807) is 27.8 Å². The lowest BCUT2D eigenvalue weighted by Gasteiger charge is -2.37. The summed E-state index contributed by atoms with van der Waals surface area (Å²) in [6, 6.07) is -3.06. The van der Waals surface area contributed by atoms with Crippen LogP contribution in [-0.4, -0.2) is 96.5 Å². The molecule has 5 amide bonds. The molecule has 290 valence electrons. The number of primary amides is 1. The van der Waals surface area contributed by atoms with E-state index in [2.05, 4.69) is 16.0 Å². The van der Waals surface area contributed by atoms with E-state index in [4.69, 9.17) is 16.2 Å². The number of amides is 5. The fourth-order valence-electron chi connectivity index (χ4n) is 8.82. The van der Waals surface area contributed by atoms with Gasteiger partial charge in [0, 0.05) is 13.6 Å². The zero-order valence-corrected chi connectivity index (χ0v) is 31.7. The molecule has 14 heteroatoms. The van der Waals surface area contributed by atoms with Crippen molar-refractivity contribution in [3.05, 3.63) is 0 Å². The highest BCUT2D eigenvalue weighted by atomic mass is 16.5. The molecule has 0 radical (unpaired) electrons. The van der Waals surface area contributed by atoms with Gasteiger partial charge in [-0.1, -0.05) is 48.0 Å². The van der Waals surface area contributed by atoms with Crippen LogP contribution < -0.4 is 27.4 Å². The van der Waals surface area contributed by atoms with Crippen molar-refractivity contribution in [2.75, 3.05) is 26.7 Å². The average molecular weight is 721 g/mol. The van der Waals surface area contributed by atoms with Crippen LogP contribution in [-0.2, 0) is 33.5 Å². The first-order valence-electron chi connectivity index (χ1n) is 18.9. The smallest absolute Gasteiger partial charge is 0.325 e. The van der Waals surface area contributed by atoms with Gasteiger partial charge in [0.1, 0.15) is 30.8 Å². The summed E-state index contributed by atoms with van der Waals surface area (Å²) in [4.78, 5) is 80.0. The molecule has 51 heavy (non-hydrogen) atoms. The van der Waals surface area contributed by atoms with Crippen LogP contribution in [0.2, 0.25) is 0 Å². The second-order valence-corrected chi connectivity index (χ2v) is 16.2. The van der Waals surface area contributed by atoms with E-state index >= 15 is 0 Å². The average Bonchev–Trinajstić information content (AvgIpc) is 3.49. The van der Waals surface area contributed by atoms with E-state index in [9.17, 15) is 33.9 Å². The van der Waals surface area contributed by atoms with Crippen molar-refractivity contribution in [2.24, 2.45) is 58.3 Å². The van der Waals surface area contributed by atoms with Gasteiger partial charge in [0.15, 0.2) is 0 Å². The molecule has 0 aliphatic heterocycles. The van der Waals surface area contributed by atoms with Gasteiger partial charge in [-0.15, -0.1) is 0 Å². The number of ether oxygens (including phenoxy) is 1. The molecule has 14 nitrogen and oxygen atoms in total. The third kappa shape index (κ3) is 10.6.